The number of nitrogens with two attached hydrogens (primary N) is 1. The Kier molecular flexibility index (Phi) is 3.99. The van der Waals surface area contributed by atoms with Gasteiger partial charge in [0, 0.05) is 5.57 Å². The summed E-state index contributed by atoms with van der Waals surface area (Å²) in [5, 5.41) is 17.4. The number of carboxylic acid groups (broad SMARTS) is 1. The summed E-state index contributed by atoms with van der Waals surface area (Å²) in [5.74, 6) is -1.80. The maximum Gasteiger partial charge on any atom is 0.331 e. The maximum atomic E-state index is 10.2. The third kappa shape index (κ3) is 4.45. The van der Waals surface area contributed by atoms with Gasteiger partial charge in [0.1, 0.15) is 0 Å². The SMILES string of the molecule is CC(=CC(O)CC(N)=O)C(=O)O. The van der Waals surface area contributed by atoms with Crippen LogP contribution in [0.5, 0.6) is 0 Å². The van der Waals surface area contributed by atoms with Crippen molar-refractivity contribution >= 4 is 11.9 Å². The van der Waals surface area contributed by atoms with Gasteiger partial charge in [0.05, 0.1) is 12.5 Å². The van der Waals surface area contributed by atoms with Crippen molar-refractivity contribution in [2.24, 2.45) is 5.73 Å². The number of hydrogen-bond acceptors (Lipinski definition) is 3. The first kappa shape index (κ1) is 10.6. The highest BCUT2D eigenvalue weighted by Crippen LogP contribution is 1.99. The molecule has 0 heterocycles. The summed E-state index contributed by atoms with van der Waals surface area (Å²) in [4.78, 5) is 20.5. The number of primary amides is 1. The molecule has 5 nitrogen and oxygen atoms in total. The highest BCUT2D eigenvalue weighted by molar-refractivity contribution is 5.86. The third-order valence-corrected chi connectivity index (χ3v) is 1.19. The van der Waals surface area contributed by atoms with E-state index in [0.29, 0.717) is 0 Å². The van der Waals surface area contributed by atoms with Gasteiger partial charge in [-0.3, -0.25) is 4.79 Å². The van der Waals surface area contributed by atoms with Gasteiger partial charge in [-0.2, -0.15) is 0 Å². The van der Waals surface area contributed by atoms with E-state index < -0.39 is 18.0 Å². The molecule has 0 bridgehead atoms. The van der Waals surface area contributed by atoms with Gasteiger partial charge in [-0.05, 0) is 13.0 Å². The summed E-state index contributed by atoms with van der Waals surface area (Å²) in [6, 6.07) is 0. The van der Waals surface area contributed by atoms with Crippen molar-refractivity contribution in [3.05, 3.63) is 11.6 Å². The molecular formula is C7H11NO4. The van der Waals surface area contributed by atoms with Gasteiger partial charge < -0.3 is 15.9 Å². The van der Waals surface area contributed by atoms with Crippen molar-refractivity contribution in [1.29, 1.82) is 0 Å². The highest BCUT2D eigenvalue weighted by atomic mass is 16.4. The topological polar surface area (TPSA) is 101 Å². The van der Waals surface area contributed by atoms with Gasteiger partial charge in [-0.25, -0.2) is 4.79 Å². The monoisotopic (exact) mass is 173 g/mol. The van der Waals surface area contributed by atoms with Crippen molar-refractivity contribution in [2.75, 3.05) is 0 Å². The highest BCUT2D eigenvalue weighted by Gasteiger charge is 2.07. The van der Waals surface area contributed by atoms with E-state index in [9.17, 15) is 9.59 Å². The molecule has 1 atom stereocenters. The van der Waals surface area contributed by atoms with Gasteiger partial charge in [-0.1, -0.05) is 0 Å². The molecule has 0 rings (SSSR count). The van der Waals surface area contributed by atoms with Crippen LogP contribution in [0, 0.1) is 0 Å². The molecule has 0 saturated carbocycles. The van der Waals surface area contributed by atoms with Crippen LogP contribution >= 0.6 is 0 Å². The fraction of sp³-hybridized carbons (Fsp3) is 0.429. The second-order valence-corrected chi connectivity index (χ2v) is 2.39. The Balaban J connectivity index is 4.14. The number of hydrogen-bond donors (Lipinski definition) is 3. The number of carbonyl (C=O) groups is 2. The lowest BCUT2D eigenvalue weighted by atomic mass is 10.1. The fourth-order valence-corrected chi connectivity index (χ4v) is 0.625. The van der Waals surface area contributed by atoms with Gasteiger partial charge in [0.2, 0.25) is 5.91 Å². The van der Waals surface area contributed by atoms with Crippen molar-refractivity contribution in [3.8, 4) is 0 Å². The molecule has 1 unspecified atom stereocenters. The zero-order valence-electron chi connectivity index (χ0n) is 6.65. The van der Waals surface area contributed by atoms with Crippen molar-refractivity contribution in [1.82, 2.24) is 0 Å². The second-order valence-electron chi connectivity index (χ2n) is 2.39. The van der Waals surface area contributed by atoms with Crippen LogP contribution in [0.25, 0.3) is 0 Å². The summed E-state index contributed by atoms with van der Waals surface area (Å²) in [6.45, 7) is 1.33. The normalized spacial score (nSPS) is 14.0. The van der Waals surface area contributed by atoms with E-state index in [4.69, 9.17) is 15.9 Å². The molecule has 0 spiro atoms. The Morgan fingerprint density at radius 3 is 2.42 bits per heavy atom. The van der Waals surface area contributed by atoms with Crippen LogP contribution in [0.3, 0.4) is 0 Å². The Morgan fingerprint density at radius 1 is 1.58 bits per heavy atom. The molecule has 0 aromatic heterocycles. The fourth-order valence-electron chi connectivity index (χ4n) is 0.625. The molecule has 0 aromatic carbocycles. The summed E-state index contributed by atoms with van der Waals surface area (Å²) >= 11 is 0. The zero-order chi connectivity index (χ0) is 9.72. The number of rotatable bonds is 4. The number of amides is 1. The minimum absolute atomic E-state index is 0.0104. The van der Waals surface area contributed by atoms with Crippen molar-refractivity contribution in [2.45, 2.75) is 19.4 Å². The Bertz CT molecular complexity index is 221. The first-order chi connectivity index (χ1) is 5.43. The minimum atomic E-state index is -1.13. The lowest BCUT2D eigenvalue weighted by Gasteiger charge is -2.01. The molecule has 0 aliphatic carbocycles. The third-order valence-electron chi connectivity index (χ3n) is 1.19. The van der Waals surface area contributed by atoms with Gasteiger partial charge >= 0.3 is 5.97 Å². The number of aliphatic hydroxyl groups is 1. The van der Waals surface area contributed by atoms with Crippen molar-refractivity contribution in [3.63, 3.8) is 0 Å². The van der Waals surface area contributed by atoms with Gasteiger partial charge in [-0.15, -0.1) is 0 Å². The van der Waals surface area contributed by atoms with Gasteiger partial charge in [0.25, 0.3) is 0 Å². The van der Waals surface area contributed by atoms with E-state index in [0.717, 1.165) is 6.08 Å². The molecular weight excluding hydrogens is 162 g/mol. The first-order valence-corrected chi connectivity index (χ1v) is 3.31. The molecule has 0 saturated heterocycles. The number of aliphatic hydroxyl groups excluding tert-OH is 1. The van der Waals surface area contributed by atoms with E-state index in [2.05, 4.69) is 0 Å². The molecule has 5 heteroatoms. The molecule has 0 aliphatic heterocycles. The van der Waals surface area contributed by atoms with Crippen molar-refractivity contribution < 1.29 is 19.8 Å². The lowest BCUT2D eigenvalue weighted by molar-refractivity contribution is -0.132. The molecule has 68 valence electrons. The standard InChI is InChI=1S/C7H11NO4/c1-4(7(11)12)2-5(9)3-6(8)10/h2,5,9H,3H2,1H3,(H2,8,10)(H,11,12). The average Bonchev–Trinajstić information content (AvgIpc) is 1.84. The minimum Gasteiger partial charge on any atom is -0.478 e. The Morgan fingerprint density at radius 2 is 2.08 bits per heavy atom. The molecule has 12 heavy (non-hydrogen) atoms. The van der Waals surface area contributed by atoms with E-state index >= 15 is 0 Å². The van der Waals surface area contributed by atoms with Crippen LogP contribution in [-0.4, -0.2) is 28.2 Å². The first-order valence-electron chi connectivity index (χ1n) is 3.31. The van der Waals surface area contributed by atoms with E-state index in [-0.39, 0.29) is 12.0 Å². The zero-order valence-corrected chi connectivity index (χ0v) is 6.65. The van der Waals surface area contributed by atoms with Crippen LogP contribution in [0.1, 0.15) is 13.3 Å². The molecule has 4 N–H and O–H groups in total. The van der Waals surface area contributed by atoms with Crippen LogP contribution < -0.4 is 5.73 Å². The number of carbonyl (C=O) groups excluding carboxylic acids is 1. The predicted octanol–water partition coefficient (Wildman–Crippen LogP) is -0.746. The molecule has 0 aliphatic rings. The number of carboxylic acids is 1. The molecule has 0 fully saturated rings. The smallest absolute Gasteiger partial charge is 0.331 e. The summed E-state index contributed by atoms with van der Waals surface area (Å²) in [6.07, 6.45) is -0.295. The molecule has 0 aromatic rings. The summed E-state index contributed by atoms with van der Waals surface area (Å²) in [7, 11) is 0. The van der Waals surface area contributed by atoms with Crippen LogP contribution in [-0.2, 0) is 9.59 Å². The Labute approximate surface area is 69.5 Å². The lowest BCUT2D eigenvalue weighted by Crippen LogP contribution is -2.19. The quantitative estimate of drug-likeness (QED) is 0.487. The second kappa shape index (κ2) is 4.50. The van der Waals surface area contributed by atoms with Crippen LogP contribution in [0.15, 0.2) is 11.6 Å². The largest absolute Gasteiger partial charge is 0.478 e. The van der Waals surface area contributed by atoms with E-state index in [1.54, 1.807) is 0 Å². The van der Waals surface area contributed by atoms with Gasteiger partial charge in [0.15, 0.2) is 0 Å². The Hall–Kier alpha value is -1.36. The summed E-state index contributed by atoms with van der Waals surface area (Å²) < 4.78 is 0. The maximum absolute atomic E-state index is 10.2. The van der Waals surface area contributed by atoms with E-state index in [1.165, 1.54) is 6.92 Å². The van der Waals surface area contributed by atoms with Crippen LogP contribution in [0.2, 0.25) is 0 Å². The van der Waals surface area contributed by atoms with E-state index in [1.807, 2.05) is 0 Å². The number of aliphatic carboxylic acids is 1. The average molecular weight is 173 g/mol. The van der Waals surface area contributed by atoms with Crippen LogP contribution in [0.4, 0.5) is 0 Å². The molecule has 1 amide bonds. The predicted molar refractivity (Wildman–Crippen MR) is 41.2 cm³/mol. The molecule has 0 radical (unpaired) electrons. The summed E-state index contributed by atoms with van der Waals surface area (Å²) in [5.41, 5.74) is 4.76.